The summed E-state index contributed by atoms with van der Waals surface area (Å²) in [6.07, 6.45) is 17.2. The van der Waals surface area contributed by atoms with E-state index in [4.69, 9.17) is 9.47 Å². The summed E-state index contributed by atoms with van der Waals surface area (Å²) < 4.78 is 12.5. The summed E-state index contributed by atoms with van der Waals surface area (Å²) in [5, 5.41) is 0. The summed E-state index contributed by atoms with van der Waals surface area (Å²) in [4.78, 5) is 4.33. The Labute approximate surface area is 259 Å². The summed E-state index contributed by atoms with van der Waals surface area (Å²) in [5.74, 6) is 3.72. The van der Waals surface area contributed by atoms with E-state index in [1.165, 1.54) is 33.4 Å². The van der Waals surface area contributed by atoms with E-state index in [1.54, 1.807) is 0 Å². The molecule has 4 heteroatoms. The highest BCUT2D eigenvalue weighted by atomic mass is 16.5. The molecule has 44 heavy (non-hydrogen) atoms. The summed E-state index contributed by atoms with van der Waals surface area (Å²) in [6, 6.07) is 29.6. The molecule has 0 bridgehead atoms. The van der Waals surface area contributed by atoms with Gasteiger partial charge in [-0.2, -0.15) is 0 Å². The first kappa shape index (κ1) is 26.4. The highest BCUT2D eigenvalue weighted by molar-refractivity contribution is 5.68. The number of fused-ring (bicyclic) bond motifs is 4. The van der Waals surface area contributed by atoms with Gasteiger partial charge in [-0.05, 0) is 84.0 Å². The molecule has 4 aliphatic heterocycles. The standard InChI is InChI=1S/C40H34N2O2/c1-39(2)31-9-5-7-11-35(31)43-37-15-13-29(25-33(37)39)41-21-17-27(18-22-41)28-19-23-42(24-20-28)30-14-16-38-34(26-30)40(3,4)32-10-6-8-12-36(32)44-38/h5-26H,1-4H3. The van der Waals surface area contributed by atoms with E-state index in [1.807, 2.05) is 24.3 Å². The van der Waals surface area contributed by atoms with Gasteiger partial charge in [-0.25, -0.2) is 0 Å². The van der Waals surface area contributed by atoms with Crippen molar-refractivity contribution in [2.24, 2.45) is 0 Å². The van der Waals surface area contributed by atoms with Gasteiger partial charge in [0.1, 0.15) is 23.0 Å². The van der Waals surface area contributed by atoms with Crippen LogP contribution in [0, 0.1) is 0 Å². The number of allylic oxidation sites excluding steroid dienone is 6. The average molecular weight is 575 g/mol. The van der Waals surface area contributed by atoms with E-state index >= 15 is 0 Å². The molecule has 4 heterocycles. The molecular formula is C40H34N2O2. The van der Waals surface area contributed by atoms with Gasteiger partial charge in [0.05, 0.1) is 0 Å². The monoisotopic (exact) mass is 574 g/mol. The molecule has 0 saturated carbocycles. The Bertz CT molecular complexity index is 1810. The summed E-state index contributed by atoms with van der Waals surface area (Å²) in [5.41, 5.74) is 9.07. The van der Waals surface area contributed by atoms with Crippen molar-refractivity contribution in [3.05, 3.63) is 167 Å². The number of hydrogen-bond donors (Lipinski definition) is 0. The second-order valence-electron chi connectivity index (χ2n) is 12.8. The molecule has 0 radical (unpaired) electrons. The van der Waals surface area contributed by atoms with Crippen LogP contribution in [0.3, 0.4) is 0 Å². The van der Waals surface area contributed by atoms with Crippen molar-refractivity contribution in [2.45, 2.75) is 38.5 Å². The van der Waals surface area contributed by atoms with Crippen LogP contribution in [0.4, 0.5) is 11.4 Å². The molecule has 0 fully saturated rings. The van der Waals surface area contributed by atoms with E-state index in [0.29, 0.717) is 0 Å². The number of benzene rings is 4. The molecule has 0 amide bonds. The third-order valence-electron chi connectivity index (χ3n) is 9.42. The minimum Gasteiger partial charge on any atom is -0.457 e. The van der Waals surface area contributed by atoms with Crippen LogP contribution in [0.5, 0.6) is 23.0 Å². The fourth-order valence-electron chi connectivity index (χ4n) is 6.77. The normalized spacial score (nSPS) is 18.2. The first-order chi connectivity index (χ1) is 21.3. The van der Waals surface area contributed by atoms with Crippen LogP contribution in [-0.2, 0) is 10.8 Å². The Morgan fingerprint density at radius 1 is 0.432 bits per heavy atom. The molecule has 216 valence electrons. The number of nitrogens with zero attached hydrogens (tertiary/aromatic N) is 2. The Kier molecular flexibility index (Phi) is 5.79. The fourth-order valence-corrected chi connectivity index (χ4v) is 6.77. The molecule has 0 aliphatic carbocycles. The lowest BCUT2D eigenvalue weighted by atomic mass is 9.75. The lowest BCUT2D eigenvalue weighted by Gasteiger charge is -2.35. The van der Waals surface area contributed by atoms with Crippen LogP contribution in [-0.4, -0.2) is 0 Å². The van der Waals surface area contributed by atoms with Gasteiger partial charge in [-0.3, -0.25) is 0 Å². The van der Waals surface area contributed by atoms with Crippen molar-refractivity contribution in [1.29, 1.82) is 0 Å². The molecule has 4 aliphatic rings. The van der Waals surface area contributed by atoms with Crippen LogP contribution < -0.4 is 19.3 Å². The quantitative estimate of drug-likeness (QED) is 0.238. The number of anilines is 2. The molecule has 4 aromatic carbocycles. The summed E-state index contributed by atoms with van der Waals surface area (Å²) >= 11 is 0. The zero-order chi connectivity index (χ0) is 30.1. The highest BCUT2D eigenvalue weighted by Crippen LogP contribution is 2.50. The molecule has 0 saturated heterocycles. The molecular weight excluding hydrogens is 540 g/mol. The van der Waals surface area contributed by atoms with Gasteiger partial charge in [0.15, 0.2) is 0 Å². The number of para-hydroxylation sites is 2. The Morgan fingerprint density at radius 3 is 1.20 bits per heavy atom. The fraction of sp³-hybridized carbons (Fsp3) is 0.150. The minimum absolute atomic E-state index is 0.147. The highest BCUT2D eigenvalue weighted by Gasteiger charge is 2.35. The Balaban J connectivity index is 1.01. The predicted octanol–water partition coefficient (Wildman–Crippen LogP) is 10.2. The van der Waals surface area contributed by atoms with Gasteiger partial charge < -0.3 is 19.3 Å². The number of rotatable bonds is 2. The smallest absolute Gasteiger partial charge is 0.131 e. The lowest BCUT2D eigenvalue weighted by molar-refractivity contribution is 0.418. The maximum atomic E-state index is 6.26. The van der Waals surface area contributed by atoms with Gasteiger partial charge in [0.25, 0.3) is 0 Å². The maximum Gasteiger partial charge on any atom is 0.131 e. The molecule has 4 aromatic rings. The van der Waals surface area contributed by atoms with Crippen molar-refractivity contribution in [3.8, 4) is 23.0 Å². The van der Waals surface area contributed by atoms with Crippen LogP contribution in [0.15, 0.2) is 145 Å². The van der Waals surface area contributed by atoms with Crippen molar-refractivity contribution in [1.82, 2.24) is 0 Å². The molecule has 0 spiro atoms. The van der Waals surface area contributed by atoms with Crippen molar-refractivity contribution in [3.63, 3.8) is 0 Å². The van der Waals surface area contributed by atoms with Gasteiger partial charge in [-0.1, -0.05) is 64.1 Å². The largest absolute Gasteiger partial charge is 0.457 e. The van der Waals surface area contributed by atoms with E-state index in [2.05, 4.69) is 147 Å². The van der Waals surface area contributed by atoms with Crippen LogP contribution in [0.25, 0.3) is 0 Å². The second kappa shape index (κ2) is 9.65. The van der Waals surface area contributed by atoms with E-state index in [-0.39, 0.29) is 10.8 Å². The molecule has 0 unspecified atom stereocenters. The van der Waals surface area contributed by atoms with Gasteiger partial charge in [-0.15, -0.1) is 0 Å². The first-order valence-electron chi connectivity index (χ1n) is 15.2. The van der Waals surface area contributed by atoms with Crippen LogP contribution in [0.2, 0.25) is 0 Å². The van der Waals surface area contributed by atoms with Crippen molar-refractivity contribution >= 4 is 11.4 Å². The average Bonchev–Trinajstić information content (AvgIpc) is 3.05. The third kappa shape index (κ3) is 4.13. The topological polar surface area (TPSA) is 24.9 Å². The van der Waals surface area contributed by atoms with Gasteiger partial charge in [0.2, 0.25) is 0 Å². The summed E-state index contributed by atoms with van der Waals surface area (Å²) in [6.45, 7) is 9.07. The van der Waals surface area contributed by atoms with Gasteiger partial charge >= 0.3 is 0 Å². The zero-order valence-electron chi connectivity index (χ0n) is 25.4. The Morgan fingerprint density at radius 2 is 0.795 bits per heavy atom. The molecule has 8 rings (SSSR count). The third-order valence-corrected chi connectivity index (χ3v) is 9.42. The zero-order valence-corrected chi connectivity index (χ0v) is 25.4. The SMILES string of the molecule is CC1(C)c2ccccc2Oc2ccc(N3C=CC(=C4C=CN(c5ccc6c(c5)C(C)(C)c5ccccc5O6)C=C4)C=C3)cc21. The summed E-state index contributed by atoms with van der Waals surface area (Å²) in [7, 11) is 0. The number of ether oxygens (including phenoxy) is 2. The first-order valence-corrected chi connectivity index (χ1v) is 15.2. The van der Waals surface area contributed by atoms with E-state index < -0.39 is 0 Å². The van der Waals surface area contributed by atoms with Crippen LogP contribution >= 0.6 is 0 Å². The number of hydrogen-bond acceptors (Lipinski definition) is 4. The predicted molar refractivity (Wildman–Crippen MR) is 179 cm³/mol. The lowest BCUT2D eigenvalue weighted by Crippen LogP contribution is -2.25. The maximum absolute atomic E-state index is 6.26. The van der Waals surface area contributed by atoms with E-state index in [0.717, 1.165) is 34.4 Å². The van der Waals surface area contributed by atoms with Crippen molar-refractivity contribution in [2.75, 3.05) is 9.80 Å². The molecule has 4 nitrogen and oxygen atoms in total. The Hall–Kier alpha value is -5.22. The van der Waals surface area contributed by atoms with Gasteiger partial charge in [0, 0.05) is 69.3 Å². The molecule has 0 aromatic heterocycles. The minimum atomic E-state index is -0.147. The molecule has 0 N–H and O–H groups in total. The van der Waals surface area contributed by atoms with Crippen molar-refractivity contribution < 1.29 is 9.47 Å². The molecule has 0 atom stereocenters. The van der Waals surface area contributed by atoms with E-state index in [9.17, 15) is 0 Å². The van der Waals surface area contributed by atoms with Crippen LogP contribution in [0.1, 0.15) is 49.9 Å². The second-order valence-corrected chi connectivity index (χ2v) is 12.8.